The summed E-state index contributed by atoms with van der Waals surface area (Å²) >= 11 is 5.58. The third-order valence-electron chi connectivity index (χ3n) is 5.62. The van der Waals surface area contributed by atoms with Crippen molar-refractivity contribution in [2.24, 2.45) is 17.8 Å². The number of likely N-dealkylation sites (N-methyl/N-ethyl adjacent to an activating group) is 1. The van der Waals surface area contributed by atoms with Gasteiger partial charge in [-0.2, -0.15) is 0 Å². The number of hydrogen-bond acceptors (Lipinski definition) is 2. The van der Waals surface area contributed by atoms with E-state index in [1.807, 2.05) is 11.3 Å². The van der Waals surface area contributed by atoms with Crippen LogP contribution in [0.3, 0.4) is 0 Å². The predicted octanol–water partition coefficient (Wildman–Crippen LogP) is 5.25. The molecule has 112 valence electrons. The first-order valence-corrected chi connectivity index (χ1v) is 9.84. The van der Waals surface area contributed by atoms with Gasteiger partial charge in [0.15, 0.2) is 0 Å². The molecule has 0 saturated heterocycles. The molecule has 2 fully saturated rings. The summed E-state index contributed by atoms with van der Waals surface area (Å²) in [4.78, 5) is 1.51. The summed E-state index contributed by atoms with van der Waals surface area (Å²) < 4.78 is 1.30. The second-order valence-electron chi connectivity index (χ2n) is 6.67. The van der Waals surface area contributed by atoms with Gasteiger partial charge in [-0.15, -0.1) is 11.3 Å². The molecule has 0 spiro atoms. The zero-order valence-corrected chi connectivity index (χ0v) is 14.8. The maximum atomic E-state index is 3.69. The Morgan fingerprint density at radius 2 is 2.05 bits per heavy atom. The highest BCUT2D eigenvalue weighted by atomic mass is 79.9. The summed E-state index contributed by atoms with van der Waals surface area (Å²) in [7, 11) is 2.15. The Kier molecular flexibility index (Phi) is 5.22. The van der Waals surface area contributed by atoms with E-state index in [1.165, 1.54) is 60.7 Å². The van der Waals surface area contributed by atoms with Gasteiger partial charge in [-0.3, -0.25) is 0 Å². The minimum Gasteiger partial charge on any atom is -0.316 e. The molecule has 1 nitrogen and oxygen atoms in total. The fraction of sp³-hybridized carbons (Fsp3) is 0.765. The van der Waals surface area contributed by atoms with Crippen molar-refractivity contribution in [3.8, 4) is 0 Å². The van der Waals surface area contributed by atoms with Crippen molar-refractivity contribution in [3.05, 3.63) is 20.8 Å². The Balaban J connectivity index is 1.63. The lowest BCUT2D eigenvalue weighted by atomic mass is 9.66. The quantitative estimate of drug-likeness (QED) is 0.777. The van der Waals surface area contributed by atoms with Gasteiger partial charge in [-0.1, -0.05) is 25.7 Å². The molecule has 3 heteroatoms. The summed E-state index contributed by atoms with van der Waals surface area (Å²) in [6.07, 6.45) is 11.6. The Bertz CT molecular complexity index is 430. The van der Waals surface area contributed by atoms with Gasteiger partial charge in [0.2, 0.25) is 0 Å². The molecule has 1 aromatic rings. The third-order valence-corrected chi connectivity index (χ3v) is 7.57. The van der Waals surface area contributed by atoms with E-state index in [2.05, 4.69) is 39.7 Å². The minimum absolute atomic E-state index is 0.660. The smallest absolute Gasteiger partial charge is 0.0314 e. The fourth-order valence-electron chi connectivity index (χ4n) is 4.45. The van der Waals surface area contributed by atoms with Crippen LogP contribution in [0.2, 0.25) is 0 Å². The van der Waals surface area contributed by atoms with Crippen LogP contribution in [-0.2, 0) is 6.42 Å². The van der Waals surface area contributed by atoms with E-state index in [1.54, 1.807) is 0 Å². The van der Waals surface area contributed by atoms with Crippen LogP contribution in [0.1, 0.15) is 49.8 Å². The first kappa shape index (κ1) is 15.1. The number of hydrogen-bond donors (Lipinski definition) is 1. The lowest BCUT2D eigenvalue weighted by molar-refractivity contribution is 0.111. The molecule has 0 bridgehead atoms. The van der Waals surface area contributed by atoms with Crippen molar-refractivity contribution in [3.63, 3.8) is 0 Å². The molecule has 1 N–H and O–H groups in total. The van der Waals surface area contributed by atoms with Crippen LogP contribution in [0.5, 0.6) is 0 Å². The molecule has 0 aromatic carbocycles. The maximum absolute atomic E-state index is 3.69. The summed E-state index contributed by atoms with van der Waals surface area (Å²) in [5.41, 5.74) is 0. The van der Waals surface area contributed by atoms with Crippen molar-refractivity contribution < 1.29 is 0 Å². The highest BCUT2D eigenvalue weighted by molar-refractivity contribution is 9.10. The molecule has 3 rings (SSSR count). The van der Waals surface area contributed by atoms with E-state index in [0.717, 1.165) is 17.8 Å². The predicted molar refractivity (Wildman–Crippen MR) is 91.4 cm³/mol. The maximum Gasteiger partial charge on any atom is 0.0314 e. The van der Waals surface area contributed by atoms with Crippen LogP contribution in [0.15, 0.2) is 15.9 Å². The monoisotopic (exact) mass is 355 g/mol. The molecular weight excluding hydrogens is 330 g/mol. The summed E-state index contributed by atoms with van der Waals surface area (Å²) in [6.45, 7) is 0. The SMILES string of the molecule is CNC(Cc1sccc1Br)C1CCC2CCCCC2C1. The Morgan fingerprint density at radius 3 is 2.75 bits per heavy atom. The van der Waals surface area contributed by atoms with Gasteiger partial charge >= 0.3 is 0 Å². The summed E-state index contributed by atoms with van der Waals surface area (Å²) in [5, 5.41) is 5.82. The first-order valence-electron chi connectivity index (χ1n) is 8.17. The molecule has 20 heavy (non-hydrogen) atoms. The van der Waals surface area contributed by atoms with E-state index < -0.39 is 0 Å². The number of rotatable bonds is 4. The number of nitrogens with one attached hydrogen (secondary N) is 1. The van der Waals surface area contributed by atoms with E-state index >= 15 is 0 Å². The van der Waals surface area contributed by atoms with E-state index in [0.29, 0.717) is 6.04 Å². The van der Waals surface area contributed by atoms with Crippen LogP contribution in [0, 0.1) is 17.8 Å². The number of thiophene rings is 1. The minimum atomic E-state index is 0.660. The van der Waals surface area contributed by atoms with Gasteiger partial charge in [0.1, 0.15) is 0 Å². The van der Waals surface area contributed by atoms with Crippen LogP contribution >= 0.6 is 27.3 Å². The topological polar surface area (TPSA) is 12.0 Å². The largest absolute Gasteiger partial charge is 0.316 e. The highest BCUT2D eigenvalue weighted by Gasteiger charge is 2.35. The van der Waals surface area contributed by atoms with Crippen molar-refractivity contribution in [1.82, 2.24) is 5.32 Å². The molecule has 0 radical (unpaired) electrons. The van der Waals surface area contributed by atoms with Crippen LogP contribution in [0.25, 0.3) is 0 Å². The van der Waals surface area contributed by atoms with Gasteiger partial charge < -0.3 is 5.32 Å². The number of fused-ring (bicyclic) bond motifs is 1. The normalized spacial score (nSPS) is 31.8. The Hall–Kier alpha value is 0.140. The van der Waals surface area contributed by atoms with Gasteiger partial charge in [-0.25, -0.2) is 0 Å². The fourth-order valence-corrected chi connectivity index (χ4v) is 6.02. The molecule has 2 aliphatic carbocycles. The van der Waals surface area contributed by atoms with Crippen molar-refractivity contribution in [2.75, 3.05) is 7.05 Å². The second-order valence-corrected chi connectivity index (χ2v) is 8.52. The Labute approximate surface area is 135 Å². The lowest BCUT2D eigenvalue weighted by Crippen LogP contribution is -2.40. The van der Waals surface area contributed by atoms with Gasteiger partial charge in [-0.05, 0) is 77.9 Å². The molecular formula is C17H26BrNS. The average Bonchev–Trinajstić information content (AvgIpc) is 2.89. The van der Waals surface area contributed by atoms with E-state index in [4.69, 9.17) is 0 Å². The molecule has 2 saturated carbocycles. The van der Waals surface area contributed by atoms with Gasteiger partial charge in [0.05, 0.1) is 0 Å². The average molecular weight is 356 g/mol. The zero-order valence-electron chi connectivity index (χ0n) is 12.4. The molecule has 0 aliphatic heterocycles. The first-order chi connectivity index (χ1) is 9.78. The molecule has 2 aliphatic rings. The number of halogens is 1. The Morgan fingerprint density at radius 1 is 1.25 bits per heavy atom. The lowest BCUT2D eigenvalue weighted by Gasteiger charge is -2.42. The van der Waals surface area contributed by atoms with Gasteiger partial charge in [0, 0.05) is 15.4 Å². The molecule has 0 amide bonds. The molecule has 1 heterocycles. The van der Waals surface area contributed by atoms with Gasteiger partial charge in [0.25, 0.3) is 0 Å². The van der Waals surface area contributed by atoms with E-state index in [9.17, 15) is 0 Å². The zero-order chi connectivity index (χ0) is 13.9. The highest BCUT2D eigenvalue weighted by Crippen LogP contribution is 2.44. The van der Waals surface area contributed by atoms with Crippen molar-refractivity contribution >= 4 is 27.3 Å². The van der Waals surface area contributed by atoms with Crippen molar-refractivity contribution in [1.29, 1.82) is 0 Å². The third kappa shape index (κ3) is 3.31. The molecule has 4 atom stereocenters. The molecule has 1 aromatic heterocycles. The standard InChI is InChI=1S/C17H26BrNS/c1-19-16(11-17-15(18)8-9-20-17)14-7-6-12-4-2-3-5-13(12)10-14/h8-9,12-14,16,19H,2-7,10-11H2,1H3. The summed E-state index contributed by atoms with van der Waals surface area (Å²) in [5.74, 6) is 2.98. The van der Waals surface area contributed by atoms with Crippen LogP contribution < -0.4 is 5.32 Å². The summed E-state index contributed by atoms with van der Waals surface area (Å²) in [6, 6.07) is 2.85. The molecule has 4 unspecified atom stereocenters. The van der Waals surface area contributed by atoms with E-state index in [-0.39, 0.29) is 0 Å². The van der Waals surface area contributed by atoms with Crippen LogP contribution in [-0.4, -0.2) is 13.1 Å². The van der Waals surface area contributed by atoms with Crippen LogP contribution in [0.4, 0.5) is 0 Å². The van der Waals surface area contributed by atoms with Crippen molar-refractivity contribution in [2.45, 2.75) is 57.4 Å². The second kappa shape index (κ2) is 6.93.